The summed E-state index contributed by atoms with van der Waals surface area (Å²) in [6.07, 6.45) is -1.41. The second-order valence-electron chi connectivity index (χ2n) is 10.6. The number of hydrogen-bond acceptors (Lipinski definition) is 6. The van der Waals surface area contributed by atoms with Gasteiger partial charge >= 0.3 is 12.2 Å². The molecule has 1 fully saturated rings. The molecule has 4 heterocycles. The number of nitrogen functional groups attached to an aromatic ring is 1. The van der Waals surface area contributed by atoms with E-state index in [1.54, 1.807) is 24.3 Å². The minimum absolute atomic E-state index is 0.303. The van der Waals surface area contributed by atoms with Crippen molar-refractivity contribution in [3.05, 3.63) is 84.2 Å². The summed E-state index contributed by atoms with van der Waals surface area (Å²) < 4.78 is 55.2. The zero-order valence-electron chi connectivity index (χ0n) is 23.6. The SMILES string of the molecule is CN1CCN(Cc2c(-c3ccc[nH]3)c(-c3ccc(NC(=O)Nc4cc(C(F)(F)F)ccc4F)cc3)c3c(N)ncnn23)CC1. The van der Waals surface area contributed by atoms with Gasteiger partial charge in [0, 0.05) is 61.4 Å². The van der Waals surface area contributed by atoms with E-state index in [2.05, 4.69) is 42.5 Å². The number of carbonyl (C=O) groups excluding carboxylic acids is 1. The van der Waals surface area contributed by atoms with E-state index >= 15 is 0 Å². The highest BCUT2D eigenvalue weighted by molar-refractivity contribution is 6.01. The number of anilines is 3. The van der Waals surface area contributed by atoms with Gasteiger partial charge in [-0.3, -0.25) is 4.90 Å². The van der Waals surface area contributed by atoms with Crippen molar-refractivity contribution in [2.75, 3.05) is 49.6 Å². The zero-order chi connectivity index (χ0) is 31.0. The Kier molecular flexibility index (Phi) is 7.69. The number of benzene rings is 2. The molecular formula is C30H29F4N9O. The number of hydrogen-bond donors (Lipinski definition) is 4. The van der Waals surface area contributed by atoms with E-state index < -0.39 is 29.3 Å². The monoisotopic (exact) mass is 607 g/mol. The Bertz CT molecular complexity index is 1790. The molecule has 6 rings (SSSR count). The molecule has 228 valence electrons. The average Bonchev–Trinajstić information content (AvgIpc) is 3.62. The quantitative estimate of drug-likeness (QED) is 0.189. The number of likely N-dealkylation sites (N-methyl/N-ethyl adjacent to an activating group) is 1. The molecule has 1 saturated heterocycles. The molecule has 0 atom stereocenters. The standard InChI is InChI=1S/C30H29F4N9O/c1-41-11-13-42(14-12-41)16-24-26(22-3-2-10-36-22)25(27-28(35)37-17-38-43(24)27)18-4-7-20(8-5-18)39-29(44)40-23-15-19(30(32,33)34)6-9-21(23)31/h2-10,15,17,36H,11-14,16H2,1H3,(H2,35,37,38)(H2,39,40,44). The Labute approximate surface area is 249 Å². The summed E-state index contributed by atoms with van der Waals surface area (Å²) in [5, 5.41) is 9.26. The van der Waals surface area contributed by atoms with E-state index in [1.165, 1.54) is 6.33 Å². The van der Waals surface area contributed by atoms with Crippen LogP contribution in [-0.2, 0) is 12.7 Å². The van der Waals surface area contributed by atoms with Gasteiger partial charge in [0.25, 0.3) is 0 Å². The fraction of sp³-hybridized carbons (Fsp3) is 0.233. The van der Waals surface area contributed by atoms with Gasteiger partial charge in [0.1, 0.15) is 17.7 Å². The van der Waals surface area contributed by atoms with Gasteiger partial charge in [-0.2, -0.15) is 18.3 Å². The number of H-pyrrole nitrogens is 1. The molecule has 0 saturated carbocycles. The van der Waals surface area contributed by atoms with Crippen molar-refractivity contribution in [3.8, 4) is 22.4 Å². The zero-order valence-corrected chi connectivity index (χ0v) is 23.6. The Balaban J connectivity index is 1.32. The van der Waals surface area contributed by atoms with Crippen LogP contribution in [0, 0.1) is 5.82 Å². The molecule has 0 spiro atoms. The third-order valence-electron chi connectivity index (χ3n) is 7.66. The molecule has 5 N–H and O–H groups in total. The van der Waals surface area contributed by atoms with Crippen LogP contribution in [0.25, 0.3) is 27.9 Å². The summed E-state index contributed by atoms with van der Waals surface area (Å²) in [7, 11) is 2.10. The highest BCUT2D eigenvalue weighted by atomic mass is 19.4. The minimum Gasteiger partial charge on any atom is -0.382 e. The lowest BCUT2D eigenvalue weighted by Crippen LogP contribution is -2.44. The van der Waals surface area contributed by atoms with Crippen LogP contribution in [0.15, 0.2) is 67.1 Å². The summed E-state index contributed by atoms with van der Waals surface area (Å²) in [6, 6.07) is 11.6. The summed E-state index contributed by atoms with van der Waals surface area (Å²) in [6.45, 7) is 4.33. The highest BCUT2D eigenvalue weighted by Crippen LogP contribution is 2.42. The van der Waals surface area contributed by atoms with Crippen molar-refractivity contribution >= 4 is 28.7 Å². The second-order valence-corrected chi connectivity index (χ2v) is 10.6. The molecule has 0 aliphatic carbocycles. The van der Waals surface area contributed by atoms with E-state index in [9.17, 15) is 22.4 Å². The number of alkyl halides is 3. The van der Waals surface area contributed by atoms with Crippen molar-refractivity contribution in [2.45, 2.75) is 12.7 Å². The normalized spacial score (nSPS) is 14.7. The number of piperazine rings is 1. The van der Waals surface area contributed by atoms with Crippen molar-refractivity contribution < 1.29 is 22.4 Å². The van der Waals surface area contributed by atoms with Gasteiger partial charge in [-0.05, 0) is 55.1 Å². The summed E-state index contributed by atoms with van der Waals surface area (Å²) in [5.41, 5.74) is 10.1. The Hall–Kier alpha value is -4.95. The molecule has 44 heavy (non-hydrogen) atoms. The number of urea groups is 1. The van der Waals surface area contributed by atoms with Crippen LogP contribution in [0.1, 0.15) is 11.3 Å². The molecule has 14 heteroatoms. The van der Waals surface area contributed by atoms with Gasteiger partial charge in [0.15, 0.2) is 5.82 Å². The van der Waals surface area contributed by atoms with E-state index in [1.807, 2.05) is 22.8 Å². The van der Waals surface area contributed by atoms with Crippen molar-refractivity contribution in [1.82, 2.24) is 29.4 Å². The fourth-order valence-electron chi connectivity index (χ4n) is 5.40. The van der Waals surface area contributed by atoms with E-state index in [0.717, 1.165) is 54.3 Å². The Morgan fingerprint density at radius 1 is 1.02 bits per heavy atom. The smallest absolute Gasteiger partial charge is 0.382 e. The topological polar surface area (TPSA) is 120 Å². The van der Waals surface area contributed by atoms with Crippen molar-refractivity contribution in [2.24, 2.45) is 0 Å². The van der Waals surface area contributed by atoms with E-state index in [0.29, 0.717) is 41.8 Å². The van der Waals surface area contributed by atoms with Gasteiger partial charge < -0.3 is 26.3 Å². The fourth-order valence-corrected chi connectivity index (χ4v) is 5.40. The van der Waals surface area contributed by atoms with Crippen LogP contribution in [0.2, 0.25) is 0 Å². The average molecular weight is 608 g/mol. The largest absolute Gasteiger partial charge is 0.416 e. The van der Waals surface area contributed by atoms with Gasteiger partial charge in [-0.25, -0.2) is 18.7 Å². The van der Waals surface area contributed by atoms with Gasteiger partial charge in [0.05, 0.1) is 16.9 Å². The van der Waals surface area contributed by atoms with Crippen LogP contribution in [0.5, 0.6) is 0 Å². The number of aromatic nitrogens is 4. The molecule has 10 nitrogen and oxygen atoms in total. The Morgan fingerprint density at radius 2 is 1.77 bits per heavy atom. The Morgan fingerprint density at radius 3 is 2.45 bits per heavy atom. The predicted octanol–water partition coefficient (Wildman–Crippen LogP) is 5.52. The minimum atomic E-state index is -4.68. The van der Waals surface area contributed by atoms with Crippen LogP contribution >= 0.6 is 0 Å². The first kappa shape index (κ1) is 29.1. The van der Waals surface area contributed by atoms with Crippen molar-refractivity contribution in [3.63, 3.8) is 0 Å². The number of nitrogens with zero attached hydrogens (tertiary/aromatic N) is 5. The third-order valence-corrected chi connectivity index (χ3v) is 7.66. The van der Waals surface area contributed by atoms with E-state index in [-0.39, 0.29) is 0 Å². The molecule has 3 aromatic heterocycles. The first-order valence-corrected chi connectivity index (χ1v) is 13.8. The molecular weight excluding hydrogens is 578 g/mol. The van der Waals surface area contributed by atoms with Crippen LogP contribution in [-0.4, -0.2) is 68.6 Å². The van der Waals surface area contributed by atoms with Crippen LogP contribution < -0.4 is 16.4 Å². The number of amides is 2. The van der Waals surface area contributed by atoms with Gasteiger partial charge in [-0.1, -0.05) is 12.1 Å². The highest BCUT2D eigenvalue weighted by Gasteiger charge is 2.31. The number of nitrogens with two attached hydrogens (primary N) is 1. The second kappa shape index (κ2) is 11.6. The summed E-state index contributed by atoms with van der Waals surface area (Å²) >= 11 is 0. The molecule has 0 radical (unpaired) electrons. The summed E-state index contributed by atoms with van der Waals surface area (Å²) in [5.74, 6) is -0.690. The number of fused-ring (bicyclic) bond motifs is 1. The van der Waals surface area contributed by atoms with Crippen LogP contribution in [0.4, 0.5) is 39.5 Å². The van der Waals surface area contributed by atoms with Crippen molar-refractivity contribution in [1.29, 1.82) is 0 Å². The maximum atomic E-state index is 14.1. The van der Waals surface area contributed by atoms with Gasteiger partial charge in [0.2, 0.25) is 0 Å². The first-order valence-electron chi connectivity index (χ1n) is 13.8. The molecule has 1 aliphatic heterocycles. The number of halogens is 4. The third kappa shape index (κ3) is 5.81. The maximum Gasteiger partial charge on any atom is 0.416 e. The summed E-state index contributed by atoms with van der Waals surface area (Å²) in [4.78, 5) is 24.8. The molecule has 0 bridgehead atoms. The molecule has 0 unspecified atom stereocenters. The number of nitrogens with one attached hydrogen (secondary N) is 3. The number of carbonyl (C=O) groups is 1. The number of aromatic amines is 1. The molecule has 2 aromatic carbocycles. The van der Waals surface area contributed by atoms with Gasteiger partial charge in [-0.15, -0.1) is 0 Å². The molecule has 2 amide bonds. The predicted molar refractivity (Wildman–Crippen MR) is 159 cm³/mol. The lowest BCUT2D eigenvalue weighted by atomic mass is 9.98. The lowest BCUT2D eigenvalue weighted by Gasteiger charge is -2.32. The molecule has 1 aliphatic rings. The first-order chi connectivity index (χ1) is 21.1. The molecule has 5 aromatic rings. The van der Waals surface area contributed by atoms with Crippen LogP contribution in [0.3, 0.4) is 0 Å². The lowest BCUT2D eigenvalue weighted by molar-refractivity contribution is -0.137. The van der Waals surface area contributed by atoms with E-state index in [4.69, 9.17) is 5.73 Å². The maximum absolute atomic E-state index is 14.1. The number of rotatable bonds is 6.